The van der Waals surface area contributed by atoms with E-state index in [1.54, 1.807) is 7.11 Å². The lowest BCUT2D eigenvalue weighted by Crippen LogP contribution is -1.98. The third kappa shape index (κ3) is 4.03. The summed E-state index contributed by atoms with van der Waals surface area (Å²) in [6.07, 6.45) is 3.79. The van der Waals surface area contributed by atoms with E-state index in [1.165, 1.54) is 11.8 Å². The van der Waals surface area contributed by atoms with Gasteiger partial charge in [-0.05, 0) is 24.6 Å². The van der Waals surface area contributed by atoms with Crippen LogP contribution in [0, 0.1) is 0 Å². The van der Waals surface area contributed by atoms with Crippen LogP contribution in [0.3, 0.4) is 0 Å². The second-order valence-electron chi connectivity index (χ2n) is 5.50. The minimum absolute atomic E-state index is 0.00308. The minimum atomic E-state index is -0.848. The molecule has 1 aliphatic rings. The van der Waals surface area contributed by atoms with Crippen LogP contribution in [0.15, 0.2) is 58.1 Å². The lowest BCUT2D eigenvalue weighted by atomic mass is 10.2. The Morgan fingerprint density at radius 1 is 1.36 bits per heavy atom. The van der Waals surface area contributed by atoms with Crippen LogP contribution in [0.25, 0.3) is 17.3 Å². The number of aromatic nitrogens is 1. The molecule has 0 aliphatic carbocycles. The van der Waals surface area contributed by atoms with E-state index in [0.29, 0.717) is 5.75 Å². The fourth-order valence-electron chi connectivity index (χ4n) is 2.54. The van der Waals surface area contributed by atoms with Crippen LogP contribution in [0.1, 0.15) is 12.6 Å². The lowest BCUT2D eigenvalue weighted by molar-refractivity contribution is -0.133. The first kappa shape index (κ1) is 17.1. The number of carbonyl (C=O) groups is 1. The molecule has 1 aromatic carbocycles. The van der Waals surface area contributed by atoms with Gasteiger partial charge in [-0.25, -0.2) is 0 Å². The number of thioether (sulfide) groups is 1. The monoisotopic (exact) mass is 354 g/mol. The third-order valence-electron chi connectivity index (χ3n) is 3.64. The topological polar surface area (TPSA) is 74.7 Å². The standard InChI is InChI=1S/C19H18N2O3S/c1-12-8-18(25-11-19(22)23)16(20-12)9-15-17(24-2)10-14(21-15)13-6-4-3-5-7-13/h3-10,21H,11H2,1-2H3,(H,22,23)/b16-9-. The SMILES string of the molecule is COc1cc(-c2ccccc2)[nH]c1/C=C1\N=C(C)C=C1SCC(=O)O. The highest BCUT2D eigenvalue weighted by Gasteiger charge is 2.16. The van der Waals surface area contributed by atoms with E-state index >= 15 is 0 Å². The molecule has 128 valence electrons. The van der Waals surface area contributed by atoms with E-state index in [-0.39, 0.29) is 5.75 Å². The Morgan fingerprint density at radius 3 is 2.80 bits per heavy atom. The Bertz CT molecular complexity index is 879. The Balaban J connectivity index is 1.93. The molecule has 3 rings (SSSR count). The van der Waals surface area contributed by atoms with Crippen molar-refractivity contribution in [3.63, 3.8) is 0 Å². The van der Waals surface area contributed by atoms with Crippen molar-refractivity contribution >= 4 is 29.5 Å². The quantitative estimate of drug-likeness (QED) is 0.815. The largest absolute Gasteiger partial charge is 0.494 e. The van der Waals surface area contributed by atoms with Crippen molar-refractivity contribution in [2.24, 2.45) is 4.99 Å². The molecule has 2 aromatic rings. The molecule has 2 heterocycles. The number of carboxylic acids is 1. The number of hydrogen-bond donors (Lipinski definition) is 2. The van der Waals surface area contributed by atoms with Gasteiger partial charge in [0.15, 0.2) is 0 Å². The summed E-state index contributed by atoms with van der Waals surface area (Å²) in [5.74, 6) is -0.129. The molecule has 6 heteroatoms. The Labute approximate surface area is 150 Å². The van der Waals surface area contributed by atoms with Crippen LogP contribution in [0.4, 0.5) is 0 Å². The maximum Gasteiger partial charge on any atom is 0.313 e. The molecule has 0 atom stereocenters. The number of hydrogen-bond acceptors (Lipinski definition) is 4. The molecule has 2 N–H and O–H groups in total. The molecule has 25 heavy (non-hydrogen) atoms. The summed E-state index contributed by atoms with van der Waals surface area (Å²) < 4.78 is 5.47. The molecule has 0 amide bonds. The summed E-state index contributed by atoms with van der Waals surface area (Å²) in [5, 5.41) is 8.90. The average Bonchev–Trinajstić information content (AvgIpc) is 3.17. The number of methoxy groups -OCH3 is 1. The van der Waals surface area contributed by atoms with Crippen LogP contribution in [0.2, 0.25) is 0 Å². The van der Waals surface area contributed by atoms with Gasteiger partial charge in [0.05, 0.1) is 24.3 Å². The smallest absolute Gasteiger partial charge is 0.313 e. The lowest BCUT2D eigenvalue weighted by Gasteiger charge is -2.03. The first-order valence-corrected chi connectivity index (χ1v) is 8.71. The van der Waals surface area contributed by atoms with Crippen LogP contribution in [-0.4, -0.2) is 34.6 Å². The van der Waals surface area contributed by atoms with Crippen LogP contribution < -0.4 is 4.74 Å². The highest BCUT2D eigenvalue weighted by atomic mass is 32.2. The molecule has 0 saturated carbocycles. The van der Waals surface area contributed by atoms with E-state index in [9.17, 15) is 4.79 Å². The van der Waals surface area contributed by atoms with Crippen molar-refractivity contribution in [2.45, 2.75) is 6.92 Å². The zero-order chi connectivity index (χ0) is 17.8. The van der Waals surface area contributed by atoms with Gasteiger partial charge in [-0.2, -0.15) is 0 Å². The van der Waals surface area contributed by atoms with Gasteiger partial charge >= 0.3 is 5.97 Å². The van der Waals surface area contributed by atoms with Gasteiger partial charge in [0.2, 0.25) is 0 Å². The third-order valence-corrected chi connectivity index (χ3v) is 4.67. The Morgan fingerprint density at radius 2 is 2.12 bits per heavy atom. The van der Waals surface area contributed by atoms with Crippen molar-refractivity contribution in [2.75, 3.05) is 12.9 Å². The van der Waals surface area contributed by atoms with Gasteiger partial charge in [-0.15, -0.1) is 11.8 Å². The molecule has 1 aliphatic heterocycles. The van der Waals surface area contributed by atoms with E-state index in [1.807, 2.05) is 55.5 Å². The van der Waals surface area contributed by atoms with Crippen molar-refractivity contribution in [1.29, 1.82) is 0 Å². The van der Waals surface area contributed by atoms with Gasteiger partial charge in [0.25, 0.3) is 0 Å². The van der Waals surface area contributed by atoms with E-state index < -0.39 is 5.97 Å². The number of rotatable bonds is 6. The first-order chi connectivity index (χ1) is 12.1. The number of aliphatic carboxylic acids is 1. The fourth-order valence-corrected chi connectivity index (χ4v) is 3.32. The summed E-state index contributed by atoms with van der Waals surface area (Å²) in [6, 6.07) is 11.9. The number of allylic oxidation sites excluding steroid dienone is 1. The molecule has 1 aromatic heterocycles. The molecular formula is C19H18N2O3S. The van der Waals surface area contributed by atoms with Gasteiger partial charge in [-0.1, -0.05) is 30.3 Å². The number of H-pyrrole nitrogens is 1. The van der Waals surface area contributed by atoms with Gasteiger partial charge in [-0.3, -0.25) is 9.79 Å². The predicted molar refractivity (Wildman–Crippen MR) is 102 cm³/mol. The molecule has 0 spiro atoms. The summed E-state index contributed by atoms with van der Waals surface area (Å²) in [7, 11) is 1.62. The molecule has 0 saturated heterocycles. The molecule has 0 unspecified atom stereocenters. The Hall–Kier alpha value is -2.73. The van der Waals surface area contributed by atoms with Crippen LogP contribution in [-0.2, 0) is 4.79 Å². The second kappa shape index (κ2) is 7.44. The summed E-state index contributed by atoms with van der Waals surface area (Å²) in [4.78, 5) is 19.5. The Kier molecular flexibility index (Phi) is 5.09. The number of nitrogens with one attached hydrogen (secondary N) is 1. The average molecular weight is 354 g/mol. The maximum atomic E-state index is 10.8. The molecule has 0 radical (unpaired) electrons. The zero-order valence-electron chi connectivity index (χ0n) is 13.9. The van der Waals surface area contributed by atoms with Gasteiger partial charge in [0, 0.05) is 22.4 Å². The van der Waals surface area contributed by atoms with Crippen LogP contribution in [0.5, 0.6) is 5.75 Å². The highest BCUT2D eigenvalue weighted by molar-refractivity contribution is 8.04. The number of ether oxygens (including phenoxy) is 1. The highest BCUT2D eigenvalue weighted by Crippen LogP contribution is 2.34. The molecule has 0 fully saturated rings. The van der Waals surface area contributed by atoms with E-state index in [4.69, 9.17) is 9.84 Å². The predicted octanol–water partition coefficient (Wildman–Crippen LogP) is 4.21. The first-order valence-electron chi connectivity index (χ1n) is 7.73. The number of aromatic amines is 1. The van der Waals surface area contributed by atoms with Gasteiger partial charge < -0.3 is 14.8 Å². The number of nitrogens with zero attached hydrogens (tertiary/aromatic N) is 1. The van der Waals surface area contributed by atoms with Crippen LogP contribution >= 0.6 is 11.8 Å². The molecule has 5 nitrogen and oxygen atoms in total. The second-order valence-corrected chi connectivity index (χ2v) is 6.52. The number of carboxylic acid groups (broad SMARTS) is 1. The summed E-state index contributed by atoms with van der Waals surface area (Å²) >= 11 is 1.26. The zero-order valence-corrected chi connectivity index (χ0v) is 14.8. The van der Waals surface area contributed by atoms with Crippen molar-refractivity contribution in [1.82, 2.24) is 4.98 Å². The number of aliphatic imine (C=N–C) groups is 1. The van der Waals surface area contributed by atoms with E-state index in [2.05, 4.69) is 9.98 Å². The van der Waals surface area contributed by atoms with Gasteiger partial charge in [0.1, 0.15) is 5.75 Å². The molecular weight excluding hydrogens is 336 g/mol. The van der Waals surface area contributed by atoms with E-state index in [0.717, 1.165) is 33.3 Å². The number of benzene rings is 1. The van der Waals surface area contributed by atoms with Crippen molar-refractivity contribution in [3.8, 4) is 17.0 Å². The summed E-state index contributed by atoms with van der Waals surface area (Å²) in [5.41, 5.74) is 4.41. The van der Waals surface area contributed by atoms with Crippen molar-refractivity contribution in [3.05, 3.63) is 58.8 Å². The van der Waals surface area contributed by atoms with Crippen molar-refractivity contribution < 1.29 is 14.6 Å². The minimum Gasteiger partial charge on any atom is -0.494 e. The summed E-state index contributed by atoms with van der Waals surface area (Å²) in [6.45, 7) is 1.89. The normalized spacial score (nSPS) is 15.2. The maximum absolute atomic E-state index is 10.8. The molecule has 0 bridgehead atoms. The fraction of sp³-hybridized carbons (Fsp3) is 0.158.